The second-order valence-electron chi connectivity index (χ2n) is 13.2. The number of pyridine rings is 2. The predicted octanol–water partition coefficient (Wildman–Crippen LogP) is 5.45. The third kappa shape index (κ3) is 7.40. The monoisotopic (exact) mass is 739 g/mol. The van der Waals surface area contributed by atoms with Crippen LogP contribution >= 0.6 is 23.2 Å². The molecule has 11 nitrogen and oxygen atoms in total. The van der Waals surface area contributed by atoms with Crippen molar-refractivity contribution in [1.82, 2.24) is 35.6 Å². The molecule has 5 aromatic rings. The van der Waals surface area contributed by atoms with E-state index in [2.05, 4.69) is 21.3 Å². The first-order chi connectivity index (χ1) is 25.2. The highest BCUT2D eigenvalue weighted by atomic mass is 35.5. The van der Waals surface area contributed by atoms with Crippen LogP contribution in [-0.4, -0.2) is 58.5 Å². The molecule has 4 N–H and O–H groups in total. The predicted molar refractivity (Wildman–Crippen MR) is 203 cm³/mol. The molecule has 2 aliphatic rings. The fourth-order valence-electron chi connectivity index (χ4n) is 6.90. The quantitative estimate of drug-likeness (QED) is 0.133. The van der Waals surface area contributed by atoms with E-state index in [1.165, 1.54) is 0 Å². The zero-order valence-corrected chi connectivity index (χ0v) is 30.4. The minimum Gasteiger partial charge on any atom is -0.481 e. The van der Waals surface area contributed by atoms with Crippen molar-refractivity contribution in [2.45, 2.75) is 57.8 Å². The highest BCUT2D eigenvalue weighted by Gasteiger charge is 2.22. The van der Waals surface area contributed by atoms with Crippen LogP contribution in [0, 0.1) is 6.92 Å². The second kappa shape index (κ2) is 15.4. The lowest BCUT2D eigenvalue weighted by molar-refractivity contribution is -0.120. The van der Waals surface area contributed by atoms with E-state index in [4.69, 9.17) is 37.9 Å². The van der Waals surface area contributed by atoms with Crippen molar-refractivity contribution in [1.29, 1.82) is 0 Å². The van der Waals surface area contributed by atoms with Crippen LogP contribution in [0.1, 0.15) is 42.5 Å². The maximum atomic E-state index is 13.5. The molecule has 268 valence electrons. The number of benzene rings is 2. The number of hydrogen-bond acceptors (Lipinski definition) is 8. The van der Waals surface area contributed by atoms with Crippen LogP contribution in [0.3, 0.4) is 0 Å². The van der Waals surface area contributed by atoms with Crippen LogP contribution in [0.5, 0.6) is 5.88 Å². The van der Waals surface area contributed by atoms with E-state index in [1.54, 1.807) is 17.7 Å². The Morgan fingerprint density at radius 2 is 1.42 bits per heavy atom. The number of aryl methyl sites for hydroxylation is 1. The van der Waals surface area contributed by atoms with Crippen molar-refractivity contribution in [2.75, 3.05) is 20.2 Å². The molecule has 2 fully saturated rings. The number of rotatable bonds is 12. The van der Waals surface area contributed by atoms with Gasteiger partial charge in [0, 0.05) is 90.8 Å². The number of ether oxygens (including phenoxy) is 1. The average Bonchev–Trinajstić information content (AvgIpc) is 3.76. The van der Waals surface area contributed by atoms with Crippen molar-refractivity contribution in [3.63, 3.8) is 0 Å². The molecule has 3 aromatic heterocycles. The van der Waals surface area contributed by atoms with Gasteiger partial charge < -0.3 is 26.0 Å². The summed E-state index contributed by atoms with van der Waals surface area (Å²) >= 11 is 14.2. The number of nitrogens with one attached hydrogen (secondary N) is 4. The summed E-state index contributed by atoms with van der Waals surface area (Å²) in [5.74, 6) is 0.643. The van der Waals surface area contributed by atoms with Gasteiger partial charge in [-0.15, -0.1) is 0 Å². The van der Waals surface area contributed by atoms with Gasteiger partial charge in [-0.05, 0) is 43.5 Å². The Kier molecular flexibility index (Phi) is 10.6. The topological polar surface area (TPSA) is 139 Å². The highest BCUT2D eigenvalue weighted by Crippen LogP contribution is 2.42. The first kappa shape index (κ1) is 35.6. The molecule has 13 heteroatoms. The first-order valence-electron chi connectivity index (χ1n) is 17.3. The number of hydrogen-bond donors (Lipinski definition) is 4. The van der Waals surface area contributed by atoms with E-state index in [0.717, 1.165) is 46.2 Å². The van der Waals surface area contributed by atoms with Crippen LogP contribution in [0.4, 0.5) is 0 Å². The van der Waals surface area contributed by atoms with Crippen LogP contribution in [0.25, 0.3) is 39.2 Å². The highest BCUT2D eigenvalue weighted by molar-refractivity contribution is 6.39. The minimum atomic E-state index is -0.144. The Labute approximate surface area is 311 Å². The third-order valence-electron chi connectivity index (χ3n) is 9.71. The van der Waals surface area contributed by atoms with Gasteiger partial charge in [-0.3, -0.25) is 18.8 Å². The van der Waals surface area contributed by atoms with Gasteiger partial charge in [0.2, 0.25) is 17.7 Å². The van der Waals surface area contributed by atoms with Gasteiger partial charge in [0.05, 0.1) is 28.4 Å². The summed E-state index contributed by atoms with van der Waals surface area (Å²) < 4.78 is 7.19. The summed E-state index contributed by atoms with van der Waals surface area (Å²) in [6, 6.07) is 19.4. The summed E-state index contributed by atoms with van der Waals surface area (Å²) in [5.41, 5.74) is 6.94. The lowest BCUT2D eigenvalue weighted by Gasteiger charge is -2.16. The van der Waals surface area contributed by atoms with E-state index >= 15 is 0 Å². The van der Waals surface area contributed by atoms with E-state index < -0.39 is 0 Å². The van der Waals surface area contributed by atoms with Gasteiger partial charge in [-0.25, -0.2) is 9.97 Å². The molecule has 2 amide bonds. The van der Waals surface area contributed by atoms with Crippen LogP contribution < -0.4 is 31.6 Å². The summed E-state index contributed by atoms with van der Waals surface area (Å²) in [4.78, 5) is 46.1. The Morgan fingerprint density at radius 3 is 2.06 bits per heavy atom. The molecule has 2 aliphatic heterocycles. The largest absolute Gasteiger partial charge is 0.481 e. The fraction of sp³-hybridized carbons (Fsp3) is 0.308. The number of amides is 2. The minimum absolute atomic E-state index is 0.0618. The lowest BCUT2D eigenvalue weighted by Crippen LogP contribution is -2.36. The van der Waals surface area contributed by atoms with Crippen molar-refractivity contribution in [3.05, 3.63) is 104 Å². The molecular formula is C39H39Cl2N7O4. The molecular weight excluding hydrogens is 701 g/mol. The molecule has 0 spiro atoms. The van der Waals surface area contributed by atoms with Crippen LogP contribution in [0.2, 0.25) is 10.0 Å². The molecule has 0 unspecified atom stereocenters. The van der Waals surface area contributed by atoms with E-state index in [-0.39, 0.29) is 29.5 Å². The lowest BCUT2D eigenvalue weighted by atomic mass is 9.97. The normalized spacial score (nSPS) is 17.1. The standard InChI is InChI=1S/C39H39Cl2N7O4/c1-22-31(21-43-20-26-11-14-35(50)46-26)39(51)48-16-15-23(17-33(48)44-22)27-5-3-6-28(36(27)40)29-7-4-8-30(37(29)41)32-12-9-24(38(47-32)52-2)18-42-19-25-10-13-34(49)45-25/h3-9,12,15-17,25-26,42-43H,10-11,13-14,18-21H2,1-2H3,(H,45,49)(H,46,50)/t25-,26-/m0/s1. The summed E-state index contributed by atoms with van der Waals surface area (Å²) in [6.45, 7) is 3.99. The molecule has 7 rings (SSSR count). The fourth-order valence-corrected chi connectivity index (χ4v) is 7.56. The number of fused-ring (bicyclic) bond motifs is 1. The Morgan fingerprint density at radius 1 is 0.808 bits per heavy atom. The molecule has 52 heavy (non-hydrogen) atoms. The van der Waals surface area contributed by atoms with Crippen molar-refractivity contribution in [2.24, 2.45) is 0 Å². The Hall–Kier alpha value is -4.81. The maximum Gasteiger partial charge on any atom is 0.262 e. The van der Waals surface area contributed by atoms with E-state index in [1.807, 2.05) is 67.6 Å². The van der Waals surface area contributed by atoms with Gasteiger partial charge in [0.15, 0.2) is 0 Å². The Bertz CT molecular complexity index is 2240. The molecule has 2 saturated heterocycles. The molecule has 5 heterocycles. The molecule has 2 atom stereocenters. The molecule has 0 bridgehead atoms. The van der Waals surface area contributed by atoms with E-state index in [0.29, 0.717) is 77.5 Å². The summed E-state index contributed by atoms with van der Waals surface area (Å²) in [6.07, 6.45) is 4.43. The smallest absolute Gasteiger partial charge is 0.262 e. The number of carbonyl (C=O) groups excluding carboxylic acids is 2. The zero-order valence-electron chi connectivity index (χ0n) is 28.9. The summed E-state index contributed by atoms with van der Waals surface area (Å²) in [5, 5.41) is 13.6. The maximum absolute atomic E-state index is 13.5. The number of halogens is 2. The molecule has 2 aromatic carbocycles. The first-order valence-corrected chi connectivity index (χ1v) is 18.1. The van der Waals surface area contributed by atoms with Gasteiger partial charge in [0.25, 0.3) is 5.56 Å². The number of methoxy groups -OCH3 is 1. The molecule has 0 radical (unpaired) electrons. The molecule has 0 saturated carbocycles. The van der Waals surface area contributed by atoms with Crippen LogP contribution in [-0.2, 0) is 22.7 Å². The van der Waals surface area contributed by atoms with Gasteiger partial charge in [-0.1, -0.05) is 65.7 Å². The SMILES string of the molecule is COc1nc(-c2cccc(-c3cccc(-c4ccn5c(=O)c(CNC[C@@H]6CCC(=O)N6)c(C)nc5c4)c3Cl)c2Cl)ccc1CNC[C@@H]1CCC(=O)N1. The van der Waals surface area contributed by atoms with Gasteiger partial charge >= 0.3 is 0 Å². The van der Waals surface area contributed by atoms with Crippen molar-refractivity contribution < 1.29 is 14.3 Å². The van der Waals surface area contributed by atoms with Crippen molar-refractivity contribution in [3.8, 4) is 39.4 Å². The number of carbonyl (C=O) groups is 2. The average molecular weight is 741 g/mol. The van der Waals surface area contributed by atoms with Crippen LogP contribution in [0.15, 0.2) is 71.7 Å². The van der Waals surface area contributed by atoms with Gasteiger partial charge in [0.1, 0.15) is 5.65 Å². The second-order valence-corrected chi connectivity index (χ2v) is 13.9. The number of aromatic nitrogens is 3. The van der Waals surface area contributed by atoms with Gasteiger partial charge in [-0.2, -0.15) is 0 Å². The third-order valence-corrected chi connectivity index (χ3v) is 10.5. The Balaban J connectivity index is 1.12. The van der Waals surface area contributed by atoms with E-state index in [9.17, 15) is 14.4 Å². The van der Waals surface area contributed by atoms with Crippen molar-refractivity contribution >= 4 is 40.7 Å². The number of nitrogens with zero attached hydrogens (tertiary/aromatic N) is 3. The molecule has 0 aliphatic carbocycles. The summed E-state index contributed by atoms with van der Waals surface area (Å²) in [7, 11) is 1.59. The zero-order chi connectivity index (χ0) is 36.4.